The van der Waals surface area contributed by atoms with Gasteiger partial charge < -0.3 is 9.30 Å². The van der Waals surface area contributed by atoms with Gasteiger partial charge >= 0.3 is 0 Å². The molecule has 34 heavy (non-hydrogen) atoms. The smallest absolute Gasteiger partial charge is 0.265 e. The second-order valence-corrected chi connectivity index (χ2v) is 8.98. The van der Waals surface area contributed by atoms with E-state index in [0.29, 0.717) is 12.2 Å². The predicted molar refractivity (Wildman–Crippen MR) is 137 cm³/mol. The molecule has 5 rings (SSSR count). The average molecular weight is 442 g/mol. The Kier molecular flexibility index (Phi) is 5.28. The van der Waals surface area contributed by atoms with Gasteiger partial charge in [-0.1, -0.05) is 54.6 Å². The predicted octanol–water partition coefficient (Wildman–Crippen LogP) is 7.58. The van der Waals surface area contributed by atoms with Gasteiger partial charge in [0, 0.05) is 22.9 Å². The van der Waals surface area contributed by atoms with Crippen LogP contribution in [0, 0.1) is 17.9 Å². The lowest BCUT2D eigenvalue weighted by Gasteiger charge is -2.32. The first-order valence-electron chi connectivity index (χ1n) is 11.2. The van der Waals surface area contributed by atoms with Crippen molar-refractivity contribution in [3.8, 4) is 11.8 Å². The van der Waals surface area contributed by atoms with Crippen molar-refractivity contribution in [1.82, 2.24) is 4.57 Å². The van der Waals surface area contributed by atoms with Crippen molar-refractivity contribution in [1.29, 1.82) is 5.26 Å². The molecule has 164 valence electrons. The third-order valence-electron chi connectivity index (χ3n) is 6.02. The molecule has 0 aliphatic carbocycles. The maximum Gasteiger partial charge on any atom is 0.265 e. The van der Waals surface area contributed by atoms with Crippen molar-refractivity contribution in [2.75, 3.05) is 0 Å². The summed E-state index contributed by atoms with van der Waals surface area (Å²) in [7, 11) is 0. The lowest BCUT2D eigenvalue weighted by atomic mass is 9.93. The minimum Gasteiger partial charge on any atom is -0.488 e. The van der Waals surface area contributed by atoms with Gasteiger partial charge in [0.05, 0.1) is 23.7 Å². The SMILES string of the molecule is [C-]#[N+]/C(C#N)=C1C=C(/C=C/c2ccc(-n3c4ccccc4c4ccccc43)cc2)OC(C)(C)C\1. The fraction of sp³-hybridized carbons (Fsp3) is 0.133. The van der Waals surface area contributed by atoms with Crippen molar-refractivity contribution < 1.29 is 4.74 Å². The van der Waals surface area contributed by atoms with Gasteiger partial charge in [-0.15, -0.1) is 0 Å². The summed E-state index contributed by atoms with van der Waals surface area (Å²) >= 11 is 0. The van der Waals surface area contributed by atoms with E-state index < -0.39 is 5.60 Å². The van der Waals surface area contributed by atoms with Crippen LogP contribution in [0.4, 0.5) is 0 Å². The van der Waals surface area contributed by atoms with Crippen LogP contribution in [-0.4, -0.2) is 10.2 Å². The summed E-state index contributed by atoms with van der Waals surface area (Å²) in [4.78, 5) is 3.37. The molecule has 0 saturated carbocycles. The Labute approximate surface area is 199 Å². The van der Waals surface area contributed by atoms with Crippen LogP contribution < -0.4 is 0 Å². The maximum absolute atomic E-state index is 9.27. The zero-order valence-corrected chi connectivity index (χ0v) is 19.1. The van der Waals surface area contributed by atoms with Crippen molar-refractivity contribution in [2.45, 2.75) is 25.9 Å². The zero-order chi connectivity index (χ0) is 23.7. The number of nitrogens with zero attached hydrogens (tertiary/aromatic N) is 3. The molecule has 0 atom stereocenters. The number of benzene rings is 3. The number of nitriles is 1. The topological polar surface area (TPSA) is 42.3 Å². The Hall–Kier alpha value is -4.54. The standard InChI is InChI=1S/C30H23N3O/c1-30(2)19-22(27(20-31)32-3)18-24(34-30)17-14-21-12-15-23(16-13-21)33-28-10-6-4-8-25(28)26-9-5-7-11-29(26)33/h4-18H,19H2,1-2H3/b17-14+,27-22+. The van der Waals surface area contributed by atoms with Gasteiger partial charge in [0.1, 0.15) is 11.4 Å². The maximum atomic E-state index is 9.27. The number of allylic oxidation sites excluding steroid dienone is 3. The molecule has 3 aromatic carbocycles. The van der Waals surface area contributed by atoms with Gasteiger partial charge in [-0.3, -0.25) is 0 Å². The summed E-state index contributed by atoms with van der Waals surface area (Å²) in [5.74, 6) is 0.647. The summed E-state index contributed by atoms with van der Waals surface area (Å²) in [6, 6.07) is 27.3. The highest BCUT2D eigenvalue weighted by Gasteiger charge is 2.27. The highest BCUT2D eigenvalue weighted by atomic mass is 16.5. The van der Waals surface area contributed by atoms with Gasteiger partial charge in [-0.25, -0.2) is 10.1 Å². The van der Waals surface area contributed by atoms with Crippen LogP contribution in [0.15, 0.2) is 102 Å². The first kappa shape index (κ1) is 21.3. The van der Waals surface area contributed by atoms with E-state index in [9.17, 15) is 5.26 Å². The summed E-state index contributed by atoms with van der Waals surface area (Å²) in [6.07, 6.45) is 6.22. The van der Waals surface area contributed by atoms with Gasteiger partial charge in [0.25, 0.3) is 5.70 Å². The Bertz CT molecular complexity index is 1510. The number of ether oxygens (including phenoxy) is 1. The first-order chi connectivity index (χ1) is 16.5. The highest BCUT2D eigenvalue weighted by molar-refractivity contribution is 6.09. The molecule has 0 N–H and O–H groups in total. The van der Waals surface area contributed by atoms with Crippen LogP contribution in [0.3, 0.4) is 0 Å². The molecular weight excluding hydrogens is 418 g/mol. The minimum absolute atomic E-state index is 0.123. The Morgan fingerprint density at radius 2 is 1.59 bits per heavy atom. The van der Waals surface area contributed by atoms with Gasteiger partial charge in [0.15, 0.2) is 0 Å². The molecule has 4 aromatic rings. The van der Waals surface area contributed by atoms with E-state index in [0.717, 1.165) is 16.8 Å². The molecule has 4 nitrogen and oxygen atoms in total. The second-order valence-electron chi connectivity index (χ2n) is 8.98. The quantitative estimate of drug-likeness (QED) is 0.243. The van der Waals surface area contributed by atoms with Crippen LogP contribution in [0.2, 0.25) is 0 Å². The van der Waals surface area contributed by atoms with Crippen LogP contribution in [0.1, 0.15) is 25.8 Å². The van der Waals surface area contributed by atoms with Crippen LogP contribution in [0.5, 0.6) is 0 Å². The molecule has 0 radical (unpaired) electrons. The molecule has 1 aliphatic rings. The third-order valence-corrected chi connectivity index (χ3v) is 6.02. The van der Waals surface area contributed by atoms with Crippen molar-refractivity contribution >= 4 is 27.9 Å². The number of para-hydroxylation sites is 2. The molecule has 4 heteroatoms. The number of hydrogen-bond acceptors (Lipinski definition) is 2. The van der Waals surface area contributed by atoms with E-state index in [1.165, 1.54) is 21.8 Å². The largest absolute Gasteiger partial charge is 0.488 e. The first-order valence-corrected chi connectivity index (χ1v) is 11.2. The molecule has 0 unspecified atom stereocenters. The highest BCUT2D eigenvalue weighted by Crippen LogP contribution is 2.34. The van der Waals surface area contributed by atoms with E-state index in [1.807, 2.05) is 32.1 Å². The van der Waals surface area contributed by atoms with E-state index >= 15 is 0 Å². The zero-order valence-electron chi connectivity index (χ0n) is 19.1. The third kappa shape index (κ3) is 3.87. The number of fused-ring (bicyclic) bond motifs is 3. The molecule has 0 spiro atoms. The Morgan fingerprint density at radius 3 is 2.18 bits per heavy atom. The van der Waals surface area contributed by atoms with Crippen molar-refractivity contribution in [3.63, 3.8) is 0 Å². The molecule has 1 aromatic heterocycles. The average Bonchev–Trinajstić information content (AvgIpc) is 3.17. The second kappa shape index (κ2) is 8.43. The van der Waals surface area contributed by atoms with Crippen molar-refractivity contribution in [2.24, 2.45) is 0 Å². The molecule has 1 aliphatic heterocycles. The van der Waals surface area contributed by atoms with E-state index in [2.05, 4.69) is 82.2 Å². The van der Waals surface area contributed by atoms with Gasteiger partial charge in [-0.2, -0.15) is 0 Å². The molecular formula is C30H23N3O. The summed E-state index contributed by atoms with van der Waals surface area (Å²) < 4.78 is 8.36. The Balaban J connectivity index is 1.49. The summed E-state index contributed by atoms with van der Waals surface area (Å²) in [5.41, 5.74) is 4.87. The molecule has 0 saturated heterocycles. The lowest BCUT2D eigenvalue weighted by molar-refractivity contribution is 0.0356. The van der Waals surface area contributed by atoms with Crippen molar-refractivity contribution in [3.05, 3.63) is 119 Å². The molecule has 0 amide bonds. The fourth-order valence-electron chi connectivity index (χ4n) is 4.58. The van der Waals surface area contributed by atoms with E-state index in [4.69, 9.17) is 11.3 Å². The number of aromatic nitrogens is 1. The van der Waals surface area contributed by atoms with E-state index in [1.54, 1.807) is 6.08 Å². The van der Waals surface area contributed by atoms with Crippen LogP contribution in [0.25, 0.3) is 38.4 Å². The lowest BCUT2D eigenvalue weighted by Crippen LogP contribution is -2.27. The summed E-state index contributed by atoms with van der Waals surface area (Å²) in [5, 5.41) is 11.8. The fourth-order valence-corrected chi connectivity index (χ4v) is 4.58. The molecule has 0 bridgehead atoms. The summed E-state index contributed by atoms with van der Waals surface area (Å²) in [6.45, 7) is 11.2. The molecule has 0 fully saturated rings. The van der Waals surface area contributed by atoms with Crippen LogP contribution in [-0.2, 0) is 4.74 Å². The van der Waals surface area contributed by atoms with Gasteiger partial charge in [-0.05, 0) is 61.4 Å². The van der Waals surface area contributed by atoms with Crippen LogP contribution >= 0.6 is 0 Å². The monoisotopic (exact) mass is 441 g/mol. The molecule has 2 heterocycles. The van der Waals surface area contributed by atoms with E-state index in [-0.39, 0.29) is 5.70 Å². The number of hydrogen-bond donors (Lipinski definition) is 0. The Morgan fingerprint density at radius 1 is 0.971 bits per heavy atom. The van der Waals surface area contributed by atoms with Gasteiger partial charge in [0.2, 0.25) is 0 Å². The number of rotatable bonds is 3. The minimum atomic E-state index is -0.475. The normalized spacial score (nSPS) is 16.6.